The van der Waals surface area contributed by atoms with Crippen LogP contribution in [-0.4, -0.2) is 43.0 Å². The number of rotatable bonds is 4. The van der Waals surface area contributed by atoms with Gasteiger partial charge in [-0.15, -0.1) is 0 Å². The third-order valence-corrected chi connectivity index (χ3v) is 4.27. The summed E-state index contributed by atoms with van der Waals surface area (Å²) < 4.78 is 22.4. The molecule has 0 saturated heterocycles. The van der Waals surface area contributed by atoms with E-state index in [-0.39, 0.29) is 22.4 Å². The first kappa shape index (κ1) is 20.6. The maximum atomic E-state index is 13.1. The highest BCUT2D eigenvalue weighted by Gasteiger charge is 2.37. The van der Waals surface area contributed by atoms with Gasteiger partial charge in [-0.05, 0) is 49.4 Å². The van der Waals surface area contributed by atoms with E-state index in [0.717, 1.165) is 24.1 Å². The van der Waals surface area contributed by atoms with Crippen molar-refractivity contribution in [1.29, 1.82) is 0 Å². The molecule has 1 aliphatic rings. The standard InChI is InChI=1S/C20H15FN2O7/c1-10(16(24)22-20(28)29-2)30-19(27)11-3-8-14-15(9-11)18(26)23(17(14)25)13-6-4-12(21)5-7-13/h3-10H,1-2H3,(H,22,24,28)/t10-/m0/s1. The monoisotopic (exact) mass is 414 g/mol. The number of nitrogens with zero attached hydrogens (tertiary/aromatic N) is 1. The molecule has 10 heteroatoms. The van der Waals surface area contributed by atoms with Crippen LogP contribution in [-0.2, 0) is 14.3 Å². The molecular weight excluding hydrogens is 399 g/mol. The lowest BCUT2D eigenvalue weighted by molar-refractivity contribution is -0.128. The van der Waals surface area contributed by atoms with Gasteiger partial charge in [0.2, 0.25) is 0 Å². The fourth-order valence-electron chi connectivity index (χ4n) is 2.73. The lowest BCUT2D eigenvalue weighted by atomic mass is 10.1. The van der Waals surface area contributed by atoms with Crippen molar-refractivity contribution in [2.24, 2.45) is 0 Å². The van der Waals surface area contributed by atoms with Crippen LogP contribution in [0.4, 0.5) is 14.9 Å². The van der Waals surface area contributed by atoms with E-state index < -0.39 is 41.7 Å². The Kier molecular flexibility index (Phi) is 5.58. The zero-order valence-electron chi connectivity index (χ0n) is 15.8. The van der Waals surface area contributed by atoms with Gasteiger partial charge in [0.05, 0.1) is 29.5 Å². The normalized spacial score (nSPS) is 13.5. The Labute approximate surface area is 169 Å². The molecule has 4 amide bonds. The Balaban J connectivity index is 1.79. The number of amides is 4. The Morgan fingerprint density at radius 2 is 1.63 bits per heavy atom. The van der Waals surface area contributed by atoms with Gasteiger partial charge in [-0.1, -0.05) is 0 Å². The van der Waals surface area contributed by atoms with E-state index in [4.69, 9.17) is 4.74 Å². The van der Waals surface area contributed by atoms with Crippen LogP contribution < -0.4 is 10.2 Å². The quantitative estimate of drug-likeness (QED) is 0.601. The van der Waals surface area contributed by atoms with Crippen molar-refractivity contribution in [2.45, 2.75) is 13.0 Å². The van der Waals surface area contributed by atoms with Gasteiger partial charge in [-0.2, -0.15) is 0 Å². The number of ether oxygens (including phenoxy) is 2. The average Bonchev–Trinajstić information content (AvgIpc) is 2.98. The number of alkyl carbamates (subject to hydrolysis) is 1. The first-order valence-electron chi connectivity index (χ1n) is 8.61. The van der Waals surface area contributed by atoms with E-state index in [1.165, 1.54) is 37.3 Å². The van der Waals surface area contributed by atoms with E-state index in [9.17, 15) is 28.4 Å². The molecule has 1 atom stereocenters. The molecule has 1 aliphatic heterocycles. The summed E-state index contributed by atoms with van der Waals surface area (Å²) in [5.74, 6) is -3.67. The van der Waals surface area contributed by atoms with Gasteiger partial charge >= 0.3 is 12.1 Å². The second-order valence-corrected chi connectivity index (χ2v) is 6.21. The summed E-state index contributed by atoms with van der Waals surface area (Å²) in [7, 11) is 1.07. The molecule has 0 bridgehead atoms. The molecule has 0 aromatic heterocycles. The number of esters is 1. The topological polar surface area (TPSA) is 119 Å². The highest BCUT2D eigenvalue weighted by atomic mass is 19.1. The van der Waals surface area contributed by atoms with Gasteiger partial charge in [-0.3, -0.25) is 19.7 Å². The minimum Gasteiger partial charge on any atom is -0.453 e. The molecule has 2 aromatic rings. The number of anilines is 1. The molecule has 2 aromatic carbocycles. The summed E-state index contributed by atoms with van der Waals surface area (Å²) in [6.45, 7) is 1.24. The van der Waals surface area contributed by atoms with Crippen LogP contribution in [0.5, 0.6) is 0 Å². The van der Waals surface area contributed by atoms with Gasteiger partial charge in [0.15, 0.2) is 6.10 Å². The van der Waals surface area contributed by atoms with Crippen LogP contribution >= 0.6 is 0 Å². The van der Waals surface area contributed by atoms with Crippen LogP contribution in [0.1, 0.15) is 38.0 Å². The fourth-order valence-corrected chi connectivity index (χ4v) is 2.73. The first-order chi connectivity index (χ1) is 14.2. The minimum absolute atomic E-state index is 0.0366. The van der Waals surface area contributed by atoms with Crippen molar-refractivity contribution >= 4 is 35.5 Å². The molecule has 30 heavy (non-hydrogen) atoms. The number of nitrogens with one attached hydrogen (secondary N) is 1. The number of hydrogen-bond donors (Lipinski definition) is 1. The summed E-state index contributed by atoms with van der Waals surface area (Å²) in [5.41, 5.74) is 0.135. The molecule has 0 radical (unpaired) electrons. The highest BCUT2D eigenvalue weighted by Crippen LogP contribution is 2.29. The van der Waals surface area contributed by atoms with Gasteiger partial charge in [0, 0.05) is 0 Å². The lowest BCUT2D eigenvalue weighted by Crippen LogP contribution is -2.39. The molecule has 1 heterocycles. The van der Waals surface area contributed by atoms with Crippen molar-refractivity contribution in [1.82, 2.24) is 5.32 Å². The molecule has 3 rings (SSSR count). The van der Waals surface area contributed by atoms with Gasteiger partial charge in [0.25, 0.3) is 17.7 Å². The molecule has 9 nitrogen and oxygen atoms in total. The zero-order valence-corrected chi connectivity index (χ0v) is 15.8. The SMILES string of the molecule is COC(=O)NC(=O)[C@H](C)OC(=O)c1ccc2c(c1)C(=O)N(c1ccc(F)cc1)C2=O. The Morgan fingerprint density at radius 1 is 1.00 bits per heavy atom. The Bertz CT molecular complexity index is 1070. The molecule has 0 fully saturated rings. The molecule has 0 saturated carbocycles. The van der Waals surface area contributed by atoms with Crippen molar-refractivity contribution in [3.8, 4) is 0 Å². The van der Waals surface area contributed by atoms with Crippen LogP contribution in [0.2, 0.25) is 0 Å². The highest BCUT2D eigenvalue weighted by molar-refractivity contribution is 6.34. The maximum absolute atomic E-state index is 13.1. The smallest absolute Gasteiger partial charge is 0.413 e. The van der Waals surface area contributed by atoms with Gasteiger partial charge in [0.1, 0.15) is 5.82 Å². The minimum atomic E-state index is -1.32. The number of imide groups is 2. The van der Waals surface area contributed by atoms with Crippen molar-refractivity contribution in [2.75, 3.05) is 12.0 Å². The molecule has 154 valence electrons. The van der Waals surface area contributed by atoms with Crippen molar-refractivity contribution in [3.05, 3.63) is 65.0 Å². The van der Waals surface area contributed by atoms with Crippen LogP contribution in [0.3, 0.4) is 0 Å². The summed E-state index contributed by atoms with van der Waals surface area (Å²) in [6, 6.07) is 8.53. The molecular formula is C20H15FN2O7. The largest absolute Gasteiger partial charge is 0.453 e. The predicted octanol–water partition coefficient (Wildman–Crippen LogP) is 2.05. The summed E-state index contributed by atoms with van der Waals surface area (Å²) in [6.07, 6.45) is -2.33. The van der Waals surface area contributed by atoms with Crippen molar-refractivity contribution < 1.29 is 37.8 Å². The van der Waals surface area contributed by atoms with E-state index in [1.807, 2.05) is 5.32 Å². The van der Waals surface area contributed by atoms with E-state index in [2.05, 4.69) is 4.74 Å². The first-order valence-corrected chi connectivity index (χ1v) is 8.61. The second kappa shape index (κ2) is 8.11. The summed E-state index contributed by atoms with van der Waals surface area (Å²) in [5, 5.41) is 1.86. The number of halogens is 1. The maximum Gasteiger partial charge on any atom is 0.413 e. The Hall–Kier alpha value is -4.08. The average molecular weight is 414 g/mol. The molecule has 0 aliphatic carbocycles. The van der Waals surface area contributed by atoms with E-state index in [0.29, 0.717) is 0 Å². The third-order valence-electron chi connectivity index (χ3n) is 4.27. The van der Waals surface area contributed by atoms with Gasteiger partial charge < -0.3 is 9.47 Å². The summed E-state index contributed by atoms with van der Waals surface area (Å²) in [4.78, 5) is 61.3. The zero-order chi connectivity index (χ0) is 22.0. The second-order valence-electron chi connectivity index (χ2n) is 6.21. The van der Waals surface area contributed by atoms with Crippen LogP contribution in [0.15, 0.2) is 42.5 Å². The molecule has 1 N–H and O–H groups in total. The summed E-state index contributed by atoms with van der Waals surface area (Å²) >= 11 is 0. The van der Waals surface area contributed by atoms with E-state index >= 15 is 0 Å². The number of benzene rings is 2. The number of hydrogen-bond acceptors (Lipinski definition) is 7. The fraction of sp³-hybridized carbons (Fsp3) is 0.150. The number of fused-ring (bicyclic) bond motifs is 1. The molecule has 0 unspecified atom stereocenters. The molecule has 0 spiro atoms. The number of carbonyl (C=O) groups excluding carboxylic acids is 5. The predicted molar refractivity (Wildman–Crippen MR) is 99.4 cm³/mol. The number of methoxy groups -OCH3 is 1. The van der Waals surface area contributed by atoms with Crippen molar-refractivity contribution in [3.63, 3.8) is 0 Å². The van der Waals surface area contributed by atoms with Crippen LogP contribution in [0.25, 0.3) is 0 Å². The van der Waals surface area contributed by atoms with Crippen LogP contribution in [0, 0.1) is 5.82 Å². The number of carbonyl (C=O) groups is 5. The Morgan fingerprint density at radius 3 is 2.27 bits per heavy atom. The lowest BCUT2D eigenvalue weighted by Gasteiger charge is -2.13. The van der Waals surface area contributed by atoms with E-state index in [1.54, 1.807) is 0 Å². The third kappa shape index (κ3) is 3.88. The van der Waals surface area contributed by atoms with Gasteiger partial charge in [-0.25, -0.2) is 18.9 Å².